The van der Waals surface area contributed by atoms with Gasteiger partial charge in [-0.2, -0.15) is 0 Å². The number of hydrogen-bond donors (Lipinski definition) is 1. The van der Waals surface area contributed by atoms with E-state index in [1.54, 1.807) is 19.2 Å². The number of ether oxygens (including phenoxy) is 2. The molecule has 0 amide bonds. The molecule has 0 aliphatic rings. The molecule has 0 aliphatic heterocycles. The standard InChI is InChI=1S/C20H18O3/c1-22-18-12-16(11-17(21)13-18)19-9-5-6-10-20(19)23-14-15-7-3-2-4-8-15/h2-13,21H,14H2,1H3. The van der Waals surface area contributed by atoms with Crippen molar-refractivity contribution in [3.05, 3.63) is 78.4 Å². The molecule has 1 N–H and O–H groups in total. The average Bonchev–Trinajstić information content (AvgIpc) is 2.60. The average molecular weight is 306 g/mol. The Bertz CT molecular complexity index is 782. The van der Waals surface area contributed by atoms with Gasteiger partial charge in [0, 0.05) is 11.6 Å². The van der Waals surface area contributed by atoms with Gasteiger partial charge in [0.1, 0.15) is 23.9 Å². The molecule has 116 valence electrons. The Morgan fingerprint density at radius 3 is 2.39 bits per heavy atom. The summed E-state index contributed by atoms with van der Waals surface area (Å²) in [5.41, 5.74) is 2.87. The van der Waals surface area contributed by atoms with Gasteiger partial charge in [-0.15, -0.1) is 0 Å². The molecule has 0 saturated carbocycles. The van der Waals surface area contributed by atoms with E-state index in [1.807, 2.05) is 60.7 Å². The zero-order valence-electron chi connectivity index (χ0n) is 12.9. The first-order chi connectivity index (χ1) is 11.3. The van der Waals surface area contributed by atoms with Crippen molar-refractivity contribution in [2.45, 2.75) is 6.61 Å². The summed E-state index contributed by atoms with van der Waals surface area (Å²) in [7, 11) is 1.58. The molecule has 0 atom stereocenters. The number of para-hydroxylation sites is 1. The summed E-state index contributed by atoms with van der Waals surface area (Å²) in [5.74, 6) is 1.54. The number of hydrogen-bond acceptors (Lipinski definition) is 3. The van der Waals surface area contributed by atoms with Crippen molar-refractivity contribution in [2.75, 3.05) is 7.11 Å². The number of methoxy groups -OCH3 is 1. The maximum absolute atomic E-state index is 9.86. The number of phenols is 1. The van der Waals surface area contributed by atoms with E-state index in [1.165, 1.54) is 0 Å². The van der Waals surface area contributed by atoms with E-state index >= 15 is 0 Å². The van der Waals surface area contributed by atoms with Crippen molar-refractivity contribution in [2.24, 2.45) is 0 Å². The van der Waals surface area contributed by atoms with Crippen molar-refractivity contribution in [3.8, 4) is 28.4 Å². The van der Waals surface area contributed by atoms with Crippen LogP contribution in [-0.4, -0.2) is 12.2 Å². The van der Waals surface area contributed by atoms with Crippen LogP contribution in [0.3, 0.4) is 0 Å². The van der Waals surface area contributed by atoms with Crippen LogP contribution in [0.25, 0.3) is 11.1 Å². The minimum absolute atomic E-state index is 0.164. The van der Waals surface area contributed by atoms with Gasteiger partial charge in [-0.05, 0) is 29.3 Å². The molecule has 3 heteroatoms. The van der Waals surface area contributed by atoms with Crippen molar-refractivity contribution < 1.29 is 14.6 Å². The van der Waals surface area contributed by atoms with E-state index in [9.17, 15) is 5.11 Å². The second kappa shape index (κ2) is 6.88. The summed E-state index contributed by atoms with van der Waals surface area (Å²) < 4.78 is 11.2. The molecular formula is C20H18O3. The Kier molecular flexibility index (Phi) is 4.48. The monoisotopic (exact) mass is 306 g/mol. The summed E-state index contributed by atoms with van der Waals surface area (Å²) >= 11 is 0. The fourth-order valence-corrected chi connectivity index (χ4v) is 2.42. The third-order valence-corrected chi connectivity index (χ3v) is 3.56. The van der Waals surface area contributed by atoms with Gasteiger partial charge in [0.15, 0.2) is 0 Å². The fourth-order valence-electron chi connectivity index (χ4n) is 2.42. The summed E-state index contributed by atoms with van der Waals surface area (Å²) in [6.45, 7) is 0.494. The second-order valence-corrected chi connectivity index (χ2v) is 5.19. The molecule has 3 rings (SSSR count). The minimum Gasteiger partial charge on any atom is -0.508 e. The molecule has 0 aromatic heterocycles. The smallest absolute Gasteiger partial charge is 0.127 e. The number of aromatic hydroxyl groups is 1. The molecule has 0 radical (unpaired) electrons. The fraction of sp³-hybridized carbons (Fsp3) is 0.100. The van der Waals surface area contributed by atoms with Crippen molar-refractivity contribution in [3.63, 3.8) is 0 Å². The first kappa shape index (κ1) is 15.0. The predicted octanol–water partition coefficient (Wildman–Crippen LogP) is 4.65. The normalized spacial score (nSPS) is 10.3. The van der Waals surface area contributed by atoms with Crippen LogP contribution in [0.5, 0.6) is 17.2 Å². The van der Waals surface area contributed by atoms with E-state index in [4.69, 9.17) is 9.47 Å². The molecule has 23 heavy (non-hydrogen) atoms. The van der Waals surface area contributed by atoms with E-state index < -0.39 is 0 Å². The maximum atomic E-state index is 9.86. The lowest BCUT2D eigenvalue weighted by molar-refractivity contribution is 0.307. The lowest BCUT2D eigenvalue weighted by Gasteiger charge is -2.13. The summed E-state index contributed by atoms with van der Waals surface area (Å²) in [6, 6.07) is 23.0. The molecule has 0 unspecified atom stereocenters. The van der Waals surface area contributed by atoms with Gasteiger partial charge in [0.25, 0.3) is 0 Å². The highest BCUT2D eigenvalue weighted by Gasteiger charge is 2.09. The largest absolute Gasteiger partial charge is 0.508 e. The second-order valence-electron chi connectivity index (χ2n) is 5.19. The Balaban J connectivity index is 1.90. The highest BCUT2D eigenvalue weighted by atomic mass is 16.5. The Morgan fingerprint density at radius 1 is 0.870 bits per heavy atom. The predicted molar refractivity (Wildman–Crippen MR) is 90.9 cm³/mol. The van der Waals surface area contributed by atoms with E-state index in [0.717, 1.165) is 22.4 Å². The molecule has 3 aromatic rings. The highest BCUT2D eigenvalue weighted by Crippen LogP contribution is 2.35. The maximum Gasteiger partial charge on any atom is 0.127 e. The van der Waals surface area contributed by atoms with Gasteiger partial charge >= 0.3 is 0 Å². The van der Waals surface area contributed by atoms with E-state index in [2.05, 4.69) is 0 Å². The van der Waals surface area contributed by atoms with Crippen LogP contribution >= 0.6 is 0 Å². The van der Waals surface area contributed by atoms with Gasteiger partial charge in [0.05, 0.1) is 7.11 Å². The van der Waals surface area contributed by atoms with Crippen LogP contribution in [0, 0.1) is 0 Å². The van der Waals surface area contributed by atoms with Crippen LogP contribution in [-0.2, 0) is 6.61 Å². The highest BCUT2D eigenvalue weighted by molar-refractivity contribution is 5.72. The quantitative estimate of drug-likeness (QED) is 0.746. The van der Waals surface area contributed by atoms with Gasteiger partial charge in [-0.1, -0.05) is 48.5 Å². The summed E-state index contributed by atoms with van der Waals surface area (Å²) in [6.07, 6.45) is 0. The molecule has 3 nitrogen and oxygen atoms in total. The van der Waals surface area contributed by atoms with Crippen molar-refractivity contribution in [1.82, 2.24) is 0 Å². The number of phenolic OH excluding ortho intramolecular Hbond substituents is 1. The first-order valence-electron chi connectivity index (χ1n) is 7.40. The van der Waals surface area contributed by atoms with Crippen LogP contribution in [0.1, 0.15) is 5.56 Å². The van der Waals surface area contributed by atoms with Gasteiger partial charge < -0.3 is 14.6 Å². The SMILES string of the molecule is COc1cc(O)cc(-c2ccccc2OCc2ccccc2)c1. The third kappa shape index (κ3) is 3.64. The van der Waals surface area contributed by atoms with E-state index in [0.29, 0.717) is 12.4 Å². The third-order valence-electron chi connectivity index (χ3n) is 3.56. The number of rotatable bonds is 5. The molecule has 0 fully saturated rings. The number of benzene rings is 3. The van der Waals surface area contributed by atoms with Gasteiger partial charge in [0.2, 0.25) is 0 Å². The Hall–Kier alpha value is -2.94. The van der Waals surface area contributed by atoms with Crippen LogP contribution in [0.4, 0.5) is 0 Å². The molecule has 0 aliphatic carbocycles. The zero-order chi connectivity index (χ0) is 16.1. The van der Waals surface area contributed by atoms with Crippen LogP contribution in [0.15, 0.2) is 72.8 Å². The molecular weight excluding hydrogens is 288 g/mol. The van der Waals surface area contributed by atoms with E-state index in [-0.39, 0.29) is 5.75 Å². The van der Waals surface area contributed by atoms with Gasteiger partial charge in [-0.3, -0.25) is 0 Å². The minimum atomic E-state index is 0.164. The first-order valence-corrected chi connectivity index (χ1v) is 7.40. The van der Waals surface area contributed by atoms with Crippen molar-refractivity contribution in [1.29, 1.82) is 0 Å². The van der Waals surface area contributed by atoms with Crippen LogP contribution < -0.4 is 9.47 Å². The Labute approximate surface area is 135 Å². The lowest BCUT2D eigenvalue weighted by atomic mass is 10.0. The lowest BCUT2D eigenvalue weighted by Crippen LogP contribution is -1.96. The molecule has 0 bridgehead atoms. The zero-order valence-corrected chi connectivity index (χ0v) is 12.9. The van der Waals surface area contributed by atoms with Gasteiger partial charge in [-0.25, -0.2) is 0 Å². The molecule has 0 saturated heterocycles. The molecule has 0 spiro atoms. The summed E-state index contributed by atoms with van der Waals surface area (Å²) in [4.78, 5) is 0. The van der Waals surface area contributed by atoms with Crippen LogP contribution in [0.2, 0.25) is 0 Å². The topological polar surface area (TPSA) is 38.7 Å². The summed E-state index contributed by atoms with van der Waals surface area (Å²) in [5, 5.41) is 9.86. The Morgan fingerprint density at radius 2 is 1.61 bits per heavy atom. The molecule has 3 aromatic carbocycles. The molecule has 0 heterocycles. The van der Waals surface area contributed by atoms with Crippen molar-refractivity contribution >= 4 is 0 Å².